The first-order chi connectivity index (χ1) is 10.6. The van der Waals surface area contributed by atoms with E-state index >= 15 is 0 Å². The Morgan fingerprint density at radius 3 is 2.48 bits per heavy atom. The maximum Gasteiger partial charge on any atom is 0.301 e. The van der Waals surface area contributed by atoms with Crippen molar-refractivity contribution >= 4 is 21.5 Å². The van der Waals surface area contributed by atoms with Gasteiger partial charge >= 0.3 is 10.1 Å². The number of rotatable bonds is 4. The first kappa shape index (κ1) is 17.5. The minimum atomic E-state index is -4.78. The van der Waals surface area contributed by atoms with Crippen molar-refractivity contribution in [1.29, 1.82) is 0 Å². The maximum absolute atomic E-state index is 11.1. The van der Waals surface area contributed by atoms with Crippen LogP contribution in [-0.4, -0.2) is 64.4 Å². The van der Waals surface area contributed by atoms with E-state index in [1.165, 1.54) is 0 Å². The standard InChI is InChI=1S/C11H14N2O9S/c14-7-4-22-11(10(16)9(7)15)12-5-1-2-8(23(19,20)21)6(3-5)13(17)18/h1-3,7,9-12,14-16H,4H2,(H,19,20,21)/t7-,9-,10+,11+/m0/s1. The van der Waals surface area contributed by atoms with E-state index in [4.69, 9.17) is 9.29 Å². The molecule has 1 fully saturated rings. The van der Waals surface area contributed by atoms with Crippen LogP contribution in [0.1, 0.15) is 0 Å². The molecule has 0 unspecified atom stereocenters. The van der Waals surface area contributed by atoms with Gasteiger partial charge in [-0.15, -0.1) is 0 Å². The molecule has 23 heavy (non-hydrogen) atoms. The van der Waals surface area contributed by atoms with Gasteiger partial charge in [0.1, 0.15) is 18.3 Å². The molecule has 0 aliphatic carbocycles. The highest BCUT2D eigenvalue weighted by Gasteiger charge is 2.37. The fraction of sp³-hybridized carbons (Fsp3) is 0.455. The molecule has 1 heterocycles. The summed E-state index contributed by atoms with van der Waals surface area (Å²) in [6.07, 6.45) is -5.45. The number of aliphatic hydroxyl groups excluding tert-OH is 3. The smallest absolute Gasteiger partial charge is 0.301 e. The Morgan fingerprint density at radius 2 is 1.91 bits per heavy atom. The lowest BCUT2D eigenvalue weighted by Crippen LogP contribution is -2.55. The summed E-state index contributed by atoms with van der Waals surface area (Å²) in [5, 5.41) is 42.1. The van der Waals surface area contributed by atoms with E-state index in [2.05, 4.69) is 5.32 Å². The highest BCUT2D eigenvalue weighted by atomic mass is 32.2. The van der Waals surface area contributed by atoms with Crippen molar-refractivity contribution < 1.29 is 38.0 Å². The van der Waals surface area contributed by atoms with E-state index in [9.17, 15) is 33.9 Å². The van der Waals surface area contributed by atoms with Gasteiger partial charge in [-0.3, -0.25) is 14.7 Å². The number of nitro benzene ring substituents is 1. The summed E-state index contributed by atoms with van der Waals surface area (Å²) in [5.74, 6) is 0. The number of benzene rings is 1. The molecule has 1 aromatic rings. The van der Waals surface area contributed by atoms with Gasteiger partial charge < -0.3 is 25.4 Å². The Bertz CT molecular complexity index is 707. The summed E-state index contributed by atoms with van der Waals surface area (Å²) >= 11 is 0. The zero-order valence-corrected chi connectivity index (χ0v) is 12.3. The molecule has 1 aromatic carbocycles. The molecular weight excluding hydrogens is 336 g/mol. The largest absolute Gasteiger partial charge is 0.388 e. The molecule has 12 heteroatoms. The average molecular weight is 350 g/mol. The van der Waals surface area contributed by atoms with E-state index in [1.807, 2.05) is 0 Å². The number of ether oxygens (including phenoxy) is 1. The second-order valence-electron chi connectivity index (χ2n) is 4.86. The summed E-state index contributed by atoms with van der Waals surface area (Å²) in [7, 11) is -4.78. The number of aliphatic hydroxyl groups is 3. The third-order valence-electron chi connectivity index (χ3n) is 3.24. The van der Waals surface area contributed by atoms with E-state index in [0.717, 1.165) is 18.2 Å². The van der Waals surface area contributed by atoms with Gasteiger partial charge in [0.2, 0.25) is 0 Å². The van der Waals surface area contributed by atoms with Crippen molar-refractivity contribution in [3.63, 3.8) is 0 Å². The van der Waals surface area contributed by atoms with Gasteiger partial charge in [0.15, 0.2) is 11.1 Å². The van der Waals surface area contributed by atoms with Crippen molar-refractivity contribution in [3.8, 4) is 0 Å². The van der Waals surface area contributed by atoms with Crippen molar-refractivity contribution in [2.75, 3.05) is 11.9 Å². The SMILES string of the molecule is O=[N+]([O-])c1cc(N[C@@H]2OC[C@H](O)[C@H](O)[C@H]2O)ccc1S(=O)(=O)O. The van der Waals surface area contributed by atoms with Crippen LogP contribution in [0.25, 0.3) is 0 Å². The van der Waals surface area contributed by atoms with Gasteiger partial charge in [0, 0.05) is 11.8 Å². The molecule has 0 aromatic heterocycles. The third-order valence-corrected chi connectivity index (χ3v) is 4.14. The van der Waals surface area contributed by atoms with Gasteiger partial charge in [-0.1, -0.05) is 0 Å². The van der Waals surface area contributed by atoms with Crippen LogP contribution in [0.2, 0.25) is 0 Å². The van der Waals surface area contributed by atoms with E-state index in [-0.39, 0.29) is 12.3 Å². The van der Waals surface area contributed by atoms with E-state index in [0.29, 0.717) is 0 Å². The lowest BCUT2D eigenvalue weighted by molar-refractivity contribution is -0.387. The predicted molar refractivity (Wildman–Crippen MR) is 74.3 cm³/mol. The van der Waals surface area contributed by atoms with Crippen LogP contribution in [-0.2, 0) is 14.9 Å². The lowest BCUT2D eigenvalue weighted by Gasteiger charge is -2.35. The zero-order valence-electron chi connectivity index (χ0n) is 11.4. The summed E-state index contributed by atoms with van der Waals surface area (Å²) in [6, 6.07) is 2.76. The van der Waals surface area contributed by atoms with E-state index < -0.39 is 50.2 Å². The Hall–Kier alpha value is -1.83. The van der Waals surface area contributed by atoms with Gasteiger partial charge in [0.05, 0.1) is 11.5 Å². The lowest BCUT2D eigenvalue weighted by atomic mass is 10.0. The van der Waals surface area contributed by atoms with Crippen molar-refractivity contribution in [1.82, 2.24) is 0 Å². The van der Waals surface area contributed by atoms with Crippen molar-refractivity contribution in [2.24, 2.45) is 0 Å². The normalized spacial score (nSPS) is 28.3. The Balaban J connectivity index is 2.28. The van der Waals surface area contributed by atoms with Crippen LogP contribution in [0, 0.1) is 10.1 Å². The number of nitrogens with zero attached hydrogens (tertiary/aromatic N) is 1. The number of nitro groups is 1. The van der Waals surface area contributed by atoms with Crippen LogP contribution in [0.3, 0.4) is 0 Å². The molecule has 1 aliphatic heterocycles. The quantitative estimate of drug-likeness (QED) is 0.248. The number of hydrogen-bond donors (Lipinski definition) is 5. The molecule has 5 N–H and O–H groups in total. The minimum absolute atomic E-state index is 0.0109. The van der Waals surface area contributed by atoms with Gasteiger partial charge in [0.25, 0.3) is 5.69 Å². The van der Waals surface area contributed by atoms with Crippen LogP contribution in [0.4, 0.5) is 11.4 Å². The fourth-order valence-electron chi connectivity index (χ4n) is 2.07. The second-order valence-corrected chi connectivity index (χ2v) is 6.25. The Labute approximate surface area is 130 Å². The molecule has 1 aliphatic rings. The Kier molecular flexibility index (Phi) is 4.84. The first-order valence-electron chi connectivity index (χ1n) is 6.29. The molecule has 0 radical (unpaired) electrons. The number of hydrogen-bond acceptors (Lipinski definition) is 9. The topological polar surface area (TPSA) is 179 Å². The molecule has 128 valence electrons. The van der Waals surface area contributed by atoms with Crippen LogP contribution in [0.15, 0.2) is 23.1 Å². The van der Waals surface area contributed by atoms with Gasteiger partial charge in [-0.05, 0) is 12.1 Å². The van der Waals surface area contributed by atoms with Crippen molar-refractivity contribution in [2.45, 2.75) is 29.4 Å². The second kappa shape index (κ2) is 6.35. The van der Waals surface area contributed by atoms with Gasteiger partial charge in [-0.2, -0.15) is 8.42 Å². The molecule has 2 rings (SSSR count). The third kappa shape index (κ3) is 3.74. The highest BCUT2D eigenvalue weighted by molar-refractivity contribution is 7.86. The number of nitrogens with one attached hydrogen (secondary N) is 1. The fourth-order valence-corrected chi connectivity index (χ4v) is 2.70. The highest BCUT2D eigenvalue weighted by Crippen LogP contribution is 2.28. The summed E-state index contributed by atoms with van der Waals surface area (Å²) in [6.45, 7) is -0.277. The average Bonchev–Trinajstić information content (AvgIpc) is 2.46. The Morgan fingerprint density at radius 1 is 1.26 bits per heavy atom. The van der Waals surface area contributed by atoms with Crippen molar-refractivity contribution in [3.05, 3.63) is 28.3 Å². The number of anilines is 1. The monoisotopic (exact) mass is 350 g/mol. The maximum atomic E-state index is 11.1. The van der Waals surface area contributed by atoms with Crippen LogP contribution >= 0.6 is 0 Å². The van der Waals surface area contributed by atoms with E-state index in [1.54, 1.807) is 0 Å². The molecule has 0 spiro atoms. The summed E-state index contributed by atoms with van der Waals surface area (Å²) < 4.78 is 36.2. The molecule has 4 atom stereocenters. The molecule has 0 bridgehead atoms. The molecular formula is C11H14N2O9S. The van der Waals surface area contributed by atoms with Gasteiger partial charge in [-0.25, -0.2) is 0 Å². The molecule has 0 saturated carbocycles. The zero-order chi connectivity index (χ0) is 17.4. The minimum Gasteiger partial charge on any atom is -0.388 e. The molecule has 11 nitrogen and oxygen atoms in total. The summed E-state index contributed by atoms with van der Waals surface area (Å²) in [5.41, 5.74) is -0.861. The molecule has 1 saturated heterocycles. The predicted octanol–water partition coefficient (Wildman–Crippen LogP) is -1.31. The molecule has 0 amide bonds. The van der Waals surface area contributed by atoms with Crippen LogP contribution in [0.5, 0.6) is 0 Å². The van der Waals surface area contributed by atoms with Crippen LogP contribution < -0.4 is 5.32 Å². The summed E-state index contributed by atoms with van der Waals surface area (Å²) in [4.78, 5) is 9.04. The first-order valence-corrected chi connectivity index (χ1v) is 7.73.